The van der Waals surface area contributed by atoms with Crippen molar-refractivity contribution in [2.24, 2.45) is 11.7 Å². The topological polar surface area (TPSA) is 44.5 Å². The van der Waals surface area contributed by atoms with Crippen LogP contribution in [-0.4, -0.2) is 26.6 Å². The SMILES string of the molecule is COC1(OC)CCCC(CCN)C1. The Morgan fingerprint density at radius 1 is 1.38 bits per heavy atom. The fraction of sp³-hybridized carbons (Fsp3) is 1.00. The van der Waals surface area contributed by atoms with Crippen LogP contribution in [0, 0.1) is 5.92 Å². The molecule has 0 aromatic carbocycles. The molecule has 1 atom stereocenters. The van der Waals surface area contributed by atoms with Gasteiger partial charge in [-0.15, -0.1) is 0 Å². The van der Waals surface area contributed by atoms with E-state index in [4.69, 9.17) is 15.2 Å². The smallest absolute Gasteiger partial charge is 0.167 e. The predicted octanol–water partition coefficient (Wildman–Crippen LogP) is 1.51. The van der Waals surface area contributed by atoms with Crippen molar-refractivity contribution in [1.29, 1.82) is 0 Å². The monoisotopic (exact) mass is 187 g/mol. The Morgan fingerprint density at radius 2 is 2.08 bits per heavy atom. The van der Waals surface area contributed by atoms with Gasteiger partial charge in [0.15, 0.2) is 5.79 Å². The van der Waals surface area contributed by atoms with Crippen LogP contribution in [0.25, 0.3) is 0 Å². The largest absolute Gasteiger partial charge is 0.353 e. The van der Waals surface area contributed by atoms with Crippen LogP contribution < -0.4 is 5.73 Å². The summed E-state index contributed by atoms with van der Waals surface area (Å²) in [6, 6.07) is 0. The molecule has 0 aromatic rings. The first-order valence-corrected chi connectivity index (χ1v) is 5.06. The summed E-state index contributed by atoms with van der Waals surface area (Å²) < 4.78 is 10.9. The quantitative estimate of drug-likeness (QED) is 0.679. The van der Waals surface area contributed by atoms with Crippen molar-refractivity contribution < 1.29 is 9.47 Å². The molecule has 13 heavy (non-hydrogen) atoms. The molecule has 3 nitrogen and oxygen atoms in total. The van der Waals surface area contributed by atoms with Gasteiger partial charge < -0.3 is 15.2 Å². The number of hydrogen-bond acceptors (Lipinski definition) is 3. The molecule has 0 heterocycles. The van der Waals surface area contributed by atoms with Gasteiger partial charge in [0.25, 0.3) is 0 Å². The lowest BCUT2D eigenvalue weighted by Crippen LogP contribution is -2.39. The van der Waals surface area contributed by atoms with Crippen molar-refractivity contribution in [3.8, 4) is 0 Å². The summed E-state index contributed by atoms with van der Waals surface area (Å²) >= 11 is 0. The Morgan fingerprint density at radius 3 is 2.62 bits per heavy atom. The Labute approximate surface area is 80.6 Å². The van der Waals surface area contributed by atoms with Crippen molar-refractivity contribution in [2.45, 2.75) is 37.9 Å². The lowest BCUT2D eigenvalue weighted by atomic mass is 9.83. The van der Waals surface area contributed by atoms with Crippen LogP contribution in [0.5, 0.6) is 0 Å². The van der Waals surface area contributed by atoms with Gasteiger partial charge in [-0.05, 0) is 25.3 Å². The van der Waals surface area contributed by atoms with Gasteiger partial charge in [0, 0.05) is 27.1 Å². The fourth-order valence-electron chi connectivity index (χ4n) is 2.24. The van der Waals surface area contributed by atoms with E-state index in [0.29, 0.717) is 5.92 Å². The van der Waals surface area contributed by atoms with Crippen molar-refractivity contribution in [2.75, 3.05) is 20.8 Å². The molecule has 0 aliphatic heterocycles. The standard InChI is InChI=1S/C10H21NO2/c1-12-10(13-2)6-3-4-9(8-10)5-7-11/h9H,3-8,11H2,1-2H3. The zero-order valence-electron chi connectivity index (χ0n) is 8.71. The number of rotatable bonds is 4. The van der Waals surface area contributed by atoms with Crippen molar-refractivity contribution in [3.63, 3.8) is 0 Å². The van der Waals surface area contributed by atoms with Crippen LogP contribution in [0.2, 0.25) is 0 Å². The molecule has 1 aliphatic rings. The molecule has 3 heteroatoms. The molecule has 1 saturated carbocycles. The summed E-state index contributed by atoms with van der Waals surface area (Å²) in [4.78, 5) is 0. The zero-order chi connectivity index (χ0) is 9.73. The fourth-order valence-corrected chi connectivity index (χ4v) is 2.24. The molecule has 0 amide bonds. The third kappa shape index (κ3) is 2.66. The molecule has 0 bridgehead atoms. The van der Waals surface area contributed by atoms with Crippen molar-refractivity contribution in [3.05, 3.63) is 0 Å². The van der Waals surface area contributed by atoms with Crippen molar-refractivity contribution >= 4 is 0 Å². The second kappa shape index (κ2) is 4.94. The first-order chi connectivity index (χ1) is 6.26. The lowest BCUT2D eigenvalue weighted by molar-refractivity contribution is -0.231. The van der Waals surface area contributed by atoms with E-state index in [9.17, 15) is 0 Å². The Hall–Kier alpha value is -0.120. The molecular weight excluding hydrogens is 166 g/mol. The summed E-state index contributed by atoms with van der Waals surface area (Å²) in [6.07, 6.45) is 5.56. The molecule has 0 radical (unpaired) electrons. The minimum absolute atomic E-state index is 0.321. The van der Waals surface area contributed by atoms with Crippen LogP contribution in [0.3, 0.4) is 0 Å². The normalized spacial score (nSPS) is 27.5. The van der Waals surface area contributed by atoms with E-state index in [-0.39, 0.29) is 5.79 Å². The first kappa shape index (κ1) is 11.0. The third-order valence-electron chi connectivity index (χ3n) is 3.09. The highest BCUT2D eigenvalue weighted by Gasteiger charge is 2.35. The van der Waals surface area contributed by atoms with Gasteiger partial charge in [0.1, 0.15) is 0 Å². The molecule has 0 aromatic heterocycles. The first-order valence-electron chi connectivity index (χ1n) is 5.06. The van der Waals surface area contributed by atoms with Gasteiger partial charge in [-0.3, -0.25) is 0 Å². The average Bonchev–Trinajstić information content (AvgIpc) is 2.19. The molecule has 1 rings (SSSR count). The third-order valence-corrected chi connectivity index (χ3v) is 3.09. The van der Waals surface area contributed by atoms with Crippen LogP contribution in [0.1, 0.15) is 32.1 Å². The Balaban J connectivity index is 2.48. The van der Waals surface area contributed by atoms with Gasteiger partial charge in [-0.1, -0.05) is 6.42 Å². The highest BCUT2D eigenvalue weighted by Crippen LogP contribution is 2.36. The van der Waals surface area contributed by atoms with Crippen LogP contribution >= 0.6 is 0 Å². The van der Waals surface area contributed by atoms with Gasteiger partial charge >= 0.3 is 0 Å². The molecule has 1 aliphatic carbocycles. The van der Waals surface area contributed by atoms with Crippen LogP contribution in [0.15, 0.2) is 0 Å². The van der Waals surface area contributed by atoms with E-state index in [1.807, 2.05) is 0 Å². The lowest BCUT2D eigenvalue weighted by Gasteiger charge is -2.38. The van der Waals surface area contributed by atoms with E-state index >= 15 is 0 Å². The Kier molecular flexibility index (Phi) is 4.16. The summed E-state index contributed by atoms with van der Waals surface area (Å²) in [5.74, 6) is 0.358. The van der Waals surface area contributed by atoms with Crippen molar-refractivity contribution in [1.82, 2.24) is 0 Å². The summed E-state index contributed by atoms with van der Waals surface area (Å²) in [5.41, 5.74) is 5.55. The summed E-state index contributed by atoms with van der Waals surface area (Å²) in [7, 11) is 3.46. The Bertz CT molecular complexity index is 144. The molecular formula is C10H21NO2. The van der Waals surface area contributed by atoms with Gasteiger partial charge in [0.2, 0.25) is 0 Å². The molecule has 1 unspecified atom stereocenters. The molecule has 78 valence electrons. The number of ether oxygens (including phenoxy) is 2. The number of nitrogens with two attached hydrogens (primary N) is 1. The number of methoxy groups -OCH3 is 2. The summed E-state index contributed by atoms with van der Waals surface area (Å²) in [5, 5.41) is 0. The van der Waals surface area contributed by atoms with E-state index in [1.165, 1.54) is 12.8 Å². The average molecular weight is 187 g/mol. The van der Waals surface area contributed by atoms with Gasteiger partial charge in [-0.25, -0.2) is 0 Å². The molecule has 0 saturated heterocycles. The maximum atomic E-state index is 5.55. The van der Waals surface area contributed by atoms with E-state index in [1.54, 1.807) is 14.2 Å². The molecule has 1 fully saturated rings. The second-order valence-electron chi connectivity index (χ2n) is 3.86. The highest BCUT2D eigenvalue weighted by atomic mass is 16.7. The highest BCUT2D eigenvalue weighted by molar-refractivity contribution is 4.80. The van der Waals surface area contributed by atoms with Gasteiger partial charge in [0.05, 0.1) is 0 Å². The van der Waals surface area contributed by atoms with E-state index in [0.717, 1.165) is 25.8 Å². The van der Waals surface area contributed by atoms with E-state index < -0.39 is 0 Å². The minimum Gasteiger partial charge on any atom is -0.353 e. The van der Waals surface area contributed by atoms with E-state index in [2.05, 4.69) is 0 Å². The maximum absolute atomic E-state index is 5.55. The maximum Gasteiger partial charge on any atom is 0.167 e. The number of hydrogen-bond donors (Lipinski definition) is 1. The van der Waals surface area contributed by atoms with Crippen LogP contribution in [0.4, 0.5) is 0 Å². The summed E-state index contributed by atoms with van der Waals surface area (Å²) in [6.45, 7) is 0.772. The van der Waals surface area contributed by atoms with Gasteiger partial charge in [-0.2, -0.15) is 0 Å². The minimum atomic E-state index is -0.321. The second-order valence-corrected chi connectivity index (χ2v) is 3.86. The molecule has 0 spiro atoms. The predicted molar refractivity (Wildman–Crippen MR) is 52.4 cm³/mol. The van der Waals surface area contributed by atoms with Crippen LogP contribution in [-0.2, 0) is 9.47 Å². The molecule has 2 N–H and O–H groups in total. The zero-order valence-corrected chi connectivity index (χ0v) is 8.71.